The summed E-state index contributed by atoms with van der Waals surface area (Å²) in [5, 5.41) is 0. The fourth-order valence-corrected chi connectivity index (χ4v) is 2.19. The van der Waals surface area contributed by atoms with Crippen molar-refractivity contribution in [2.24, 2.45) is 5.73 Å². The Morgan fingerprint density at radius 3 is 2.55 bits per heavy atom. The van der Waals surface area contributed by atoms with Crippen LogP contribution in [-0.4, -0.2) is 37.2 Å². The van der Waals surface area contributed by atoms with E-state index in [-0.39, 0.29) is 12.2 Å². The van der Waals surface area contributed by atoms with Crippen molar-refractivity contribution in [1.29, 1.82) is 0 Å². The molecular weight excluding hydrogens is 297 g/mol. The number of sulfone groups is 1. The van der Waals surface area contributed by atoms with Gasteiger partial charge in [0.2, 0.25) is 0 Å². The zero-order chi connectivity index (χ0) is 15.6. The highest BCUT2D eigenvalue weighted by Gasteiger charge is 2.36. The number of Topliss-reactive ketones (excluding diaryl/α,β-unsaturated/α-hetero) is 1. The molecule has 0 fully saturated rings. The zero-order valence-electron chi connectivity index (χ0n) is 10.5. The molecule has 0 bridgehead atoms. The number of nitrogens with two attached hydrogens (primary N) is 1. The number of rotatable bonds is 5. The first kappa shape index (κ1) is 16.6. The standard InChI is InChI=1S/C11H13F3N2O3S/c1-20(18,19)5-3-9(15)10(17)7-6-16-4-2-8(7)11(12,13)14/h2,4,6,9H,3,5,15H2,1H3. The zero-order valence-corrected chi connectivity index (χ0v) is 11.3. The molecule has 1 aromatic heterocycles. The molecule has 20 heavy (non-hydrogen) atoms. The Hall–Kier alpha value is -1.48. The summed E-state index contributed by atoms with van der Waals surface area (Å²) in [5.41, 5.74) is 3.68. The topological polar surface area (TPSA) is 90.1 Å². The maximum Gasteiger partial charge on any atom is 0.417 e. The van der Waals surface area contributed by atoms with Crippen LogP contribution in [0, 0.1) is 0 Å². The lowest BCUT2D eigenvalue weighted by Gasteiger charge is -2.14. The Labute approximate surface area is 113 Å². The van der Waals surface area contributed by atoms with Gasteiger partial charge in [0, 0.05) is 24.2 Å². The molecule has 0 saturated carbocycles. The van der Waals surface area contributed by atoms with Gasteiger partial charge in [-0.3, -0.25) is 9.78 Å². The first-order chi connectivity index (χ1) is 9.02. The van der Waals surface area contributed by atoms with E-state index in [0.29, 0.717) is 6.07 Å². The molecule has 5 nitrogen and oxygen atoms in total. The molecule has 1 aromatic rings. The van der Waals surface area contributed by atoms with E-state index >= 15 is 0 Å². The number of alkyl halides is 3. The van der Waals surface area contributed by atoms with Crippen LogP contribution in [0.25, 0.3) is 0 Å². The van der Waals surface area contributed by atoms with Crippen LogP contribution in [0.5, 0.6) is 0 Å². The minimum atomic E-state index is -4.70. The second kappa shape index (κ2) is 5.88. The van der Waals surface area contributed by atoms with E-state index in [1.807, 2.05) is 0 Å². The molecule has 0 aliphatic carbocycles. The highest BCUT2D eigenvalue weighted by Crippen LogP contribution is 2.31. The number of pyridine rings is 1. The van der Waals surface area contributed by atoms with Gasteiger partial charge in [0.1, 0.15) is 9.84 Å². The monoisotopic (exact) mass is 310 g/mol. The van der Waals surface area contributed by atoms with Gasteiger partial charge in [0.15, 0.2) is 5.78 Å². The van der Waals surface area contributed by atoms with Crippen molar-refractivity contribution in [3.05, 3.63) is 29.6 Å². The molecule has 1 rings (SSSR count). The van der Waals surface area contributed by atoms with Crippen LogP contribution >= 0.6 is 0 Å². The summed E-state index contributed by atoms with van der Waals surface area (Å²) in [6, 6.07) is -0.647. The number of carbonyl (C=O) groups is 1. The Balaban J connectivity index is 2.98. The molecule has 0 spiro atoms. The number of ketones is 1. The summed E-state index contributed by atoms with van der Waals surface area (Å²) in [5.74, 6) is -1.35. The lowest BCUT2D eigenvalue weighted by molar-refractivity contribution is -0.138. The van der Waals surface area contributed by atoms with Crippen LogP contribution in [0.4, 0.5) is 13.2 Å². The molecule has 0 aliphatic rings. The third kappa shape index (κ3) is 4.57. The van der Waals surface area contributed by atoms with E-state index < -0.39 is 39.0 Å². The van der Waals surface area contributed by atoms with Crippen molar-refractivity contribution in [2.45, 2.75) is 18.6 Å². The second-order valence-electron chi connectivity index (χ2n) is 4.31. The van der Waals surface area contributed by atoms with E-state index in [1.165, 1.54) is 0 Å². The first-order valence-electron chi connectivity index (χ1n) is 5.51. The van der Waals surface area contributed by atoms with Crippen LogP contribution in [0.15, 0.2) is 18.5 Å². The molecule has 2 N–H and O–H groups in total. The molecule has 9 heteroatoms. The van der Waals surface area contributed by atoms with Gasteiger partial charge in [-0.05, 0) is 12.5 Å². The van der Waals surface area contributed by atoms with Crippen LogP contribution in [-0.2, 0) is 16.0 Å². The summed E-state index contributed by atoms with van der Waals surface area (Å²) in [7, 11) is -3.34. The molecule has 0 aromatic carbocycles. The van der Waals surface area contributed by atoms with Gasteiger partial charge in [0.05, 0.1) is 17.4 Å². The predicted molar refractivity (Wildman–Crippen MR) is 65.9 cm³/mol. The van der Waals surface area contributed by atoms with Crippen LogP contribution in [0.3, 0.4) is 0 Å². The predicted octanol–water partition coefficient (Wildman–Crippen LogP) is 1.05. The lowest BCUT2D eigenvalue weighted by atomic mass is 10.00. The van der Waals surface area contributed by atoms with Gasteiger partial charge in [0.25, 0.3) is 0 Å². The van der Waals surface area contributed by atoms with E-state index in [2.05, 4.69) is 4.98 Å². The molecule has 1 unspecified atom stereocenters. The number of nitrogens with zero attached hydrogens (tertiary/aromatic N) is 1. The van der Waals surface area contributed by atoms with Gasteiger partial charge in [-0.1, -0.05) is 0 Å². The van der Waals surface area contributed by atoms with Crippen LogP contribution < -0.4 is 5.73 Å². The Bertz CT molecular complexity index is 599. The maximum atomic E-state index is 12.7. The first-order valence-corrected chi connectivity index (χ1v) is 7.57. The average molecular weight is 310 g/mol. The largest absolute Gasteiger partial charge is 0.417 e. The van der Waals surface area contributed by atoms with Gasteiger partial charge in [-0.15, -0.1) is 0 Å². The number of aromatic nitrogens is 1. The molecule has 0 radical (unpaired) electrons. The molecule has 112 valence electrons. The molecule has 1 heterocycles. The van der Waals surface area contributed by atoms with Crippen molar-refractivity contribution in [3.63, 3.8) is 0 Å². The average Bonchev–Trinajstić information content (AvgIpc) is 2.33. The smallest absolute Gasteiger partial charge is 0.321 e. The molecule has 0 aliphatic heterocycles. The van der Waals surface area contributed by atoms with Gasteiger partial charge >= 0.3 is 6.18 Å². The number of carbonyl (C=O) groups excluding carboxylic acids is 1. The van der Waals surface area contributed by atoms with Crippen LogP contribution in [0.2, 0.25) is 0 Å². The minimum absolute atomic E-state index is 0.246. The van der Waals surface area contributed by atoms with Crippen molar-refractivity contribution in [2.75, 3.05) is 12.0 Å². The van der Waals surface area contributed by atoms with E-state index in [0.717, 1.165) is 18.6 Å². The number of hydrogen-bond acceptors (Lipinski definition) is 5. The lowest BCUT2D eigenvalue weighted by Crippen LogP contribution is -2.34. The van der Waals surface area contributed by atoms with E-state index in [4.69, 9.17) is 5.73 Å². The second-order valence-corrected chi connectivity index (χ2v) is 6.57. The third-order valence-corrected chi connectivity index (χ3v) is 3.51. The van der Waals surface area contributed by atoms with Gasteiger partial charge in [-0.25, -0.2) is 8.42 Å². The molecular formula is C11H13F3N2O3S. The Morgan fingerprint density at radius 1 is 1.45 bits per heavy atom. The highest BCUT2D eigenvalue weighted by atomic mass is 32.2. The maximum absolute atomic E-state index is 12.7. The van der Waals surface area contributed by atoms with Gasteiger partial charge < -0.3 is 5.73 Å². The van der Waals surface area contributed by atoms with E-state index in [9.17, 15) is 26.4 Å². The summed E-state index contributed by atoms with van der Waals surface area (Å²) in [6.07, 6.45) is -2.29. The van der Waals surface area contributed by atoms with Crippen molar-refractivity contribution in [3.8, 4) is 0 Å². The van der Waals surface area contributed by atoms with Crippen molar-refractivity contribution >= 4 is 15.6 Å². The Kier molecular flexibility index (Phi) is 4.87. The molecule has 1 atom stereocenters. The SMILES string of the molecule is CS(=O)(=O)CCC(N)C(=O)c1cnccc1C(F)(F)F. The fourth-order valence-electron chi connectivity index (χ4n) is 1.51. The summed E-state index contributed by atoms with van der Waals surface area (Å²) in [4.78, 5) is 15.3. The summed E-state index contributed by atoms with van der Waals surface area (Å²) >= 11 is 0. The quantitative estimate of drug-likeness (QED) is 0.821. The summed E-state index contributed by atoms with van der Waals surface area (Å²) in [6.45, 7) is 0. The van der Waals surface area contributed by atoms with Crippen molar-refractivity contribution in [1.82, 2.24) is 4.98 Å². The fraction of sp³-hybridized carbons (Fsp3) is 0.455. The van der Waals surface area contributed by atoms with E-state index in [1.54, 1.807) is 0 Å². The van der Waals surface area contributed by atoms with Crippen molar-refractivity contribution < 1.29 is 26.4 Å². The minimum Gasteiger partial charge on any atom is -0.321 e. The molecule has 0 saturated heterocycles. The number of halogens is 3. The number of hydrogen-bond donors (Lipinski definition) is 1. The highest BCUT2D eigenvalue weighted by molar-refractivity contribution is 7.90. The third-order valence-electron chi connectivity index (χ3n) is 2.53. The normalized spacial score (nSPS) is 14.1. The van der Waals surface area contributed by atoms with Gasteiger partial charge in [-0.2, -0.15) is 13.2 Å². The summed E-state index contributed by atoms with van der Waals surface area (Å²) < 4.78 is 60.1. The Morgan fingerprint density at radius 2 is 2.05 bits per heavy atom. The molecule has 0 amide bonds. The van der Waals surface area contributed by atoms with Crippen LogP contribution in [0.1, 0.15) is 22.3 Å².